The second-order valence-electron chi connectivity index (χ2n) is 7.61. The monoisotopic (exact) mass is 441 g/mol. The summed E-state index contributed by atoms with van der Waals surface area (Å²) >= 11 is 0. The van der Waals surface area contributed by atoms with E-state index in [2.05, 4.69) is 10.3 Å². The smallest absolute Gasteiger partial charge is 0.259 e. The molecule has 0 atom stereocenters. The highest BCUT2D eigenvalue weighted by Gasteiger charge is 2.24. The van der Waals surface area contributed by atoms with E-state index in [1.807, 2.05) is 12.1 Å². The van der Waals surface area contributed by atoms with Crippen molar-refractivity contribution < 1.29 is 23.1 Å². The number of hydrogen-bond donors (Lipinski definition) is 2. The van der Waals surface area contributed by atoms with Gasteiger partial charge < -0.3 is 10.4 Å². The number of hydrogen-bond acceptors (Lipinski definition) is 4. The lowest BCUT2D eigenvalue weighted by Gasteiger charge is -2.23. The van der Waals surface area contributed by atoms with Gasteiger partial charge in [-0.15, -0.1) is 0 Å². The van der Waals surface area contributed by atoms with Crippen LogP contribution in [-0.4, -0.2) is 35.7 Å². The standard InChI is InChI=1S/C24H22F3N3O2/c25-19-12-16(13-20(26)23(19)27)11-15-5-7-29-22(14-15)30(9-2-10-31)24(32)18-3-1-4-21-17(18)6-8-28-21/h1,3-5,7,12-14,28,31H,2,6,8-11H2. The Labute approximate surface area is 183 Å². The van der Waals surface area contributed by atoms with Crippen molar-refractivity contribution in [3.05, 3.63) is 88.4 Å². The Kier molecular flexibility index (Phi) is 6.41. The highest BCUT2D eigenvalue weighted by atomic mass is 19.2. The molecule has 0 spiro atoms. The van der Waals surface area contributed by atoms with Gasteiger partial charge in [-0.2, -0.15) is 0 Å². The molecule has 0 bridgehead atoms. The zero-order valence-electron chi connectivity index (χ0n) is 17.2. The molecule has 166 valence electrons. The first-order chi connectivity index (χ1) is 15.5. The maximum atomic E-state index is 13.6. The fourth-order valence-electron chi connectivity index (χ4n) is 3.90. The van der Waals surface area contributed by atoms with Crippen LogP contribution in [0, 0.1) is 17.5 Å². The van der Waals surface area contributed by atoms with Gasteiger partial charge in [0.25, 0.3) is 5.91 Å². The number of fused-ring (bicyclic) bond motifs is 1. The highest BCUT2D eigenvalue weighted by Crippen LogP contribution is 2.28. The van der Waals surface area contributed by atoms with Gasteiger partial charge in [-0.3, -0.25) is 9.69 Å². The first kappa shape index (κ1) is 21.8. The van der Waals surface area contributed by atoms with E-state index in [1.165, 1.54) is 11.1 Å². The zero-order valence-corrected chi connectivity index (χ0v) is 17.2. The molecule has 0 fully saturated rings. The normalized spacial score (nSPS) is 12.4. The molecule has 32 heavy (non-hydrogen) atoms. The highest BCUT2D eigenvalue weighted by molar-refractivity contribution is 6.07. The van der Waals surface area contributed by atoms with Gasteiger partial charge in [-0.05, 0) is 72.4 Å². The topological polar surface area (TPSA) is 65.5 Å². The maximum absolute atomic E-state index is 13.6. The second kappa shape index (κ2) is 9.40. The van der Waals surface area contributed by atoms with E-state index in [9.17, 15) is 23.1 Å². The summed E-state index contributed by atoms with van der Waals surface area (Å²) in [4.78, 5) is 19.3. The molecule has 0 unspecified atom stereocenters. The van der Waals surface area contributed by atoms with Gasteiger partial charge >= 0.3 is 0 Å². The quantitative estimate of drug-likeness (QED) is 0.542. The van der Waals surface area contributed by atoms with E-state index in [4.69, 9.17) is 0 Å². The summed E-state index contributed by atoms with van der Waals surface area (Å²) in [5.41, 5.74) is 3.36. The zero-order chi connectivity index (χ0) is 22.7. The summed E-state index contributed by atoms with van der Waals surface area (Å²) in [6.45, 7) is 0.920. The number of anilines is 2. The van der Waals surface area contributed by atoms with E-state index < -0.39 is 17.5 Å². The molecule has 8 heteroatoms. The van der Waals surface area contributed by atoms with Crippen molar-refractivity contribution in [3.63, 3.8) is 0 Å². The fourth-order valence-corrected chi connectivity index (χ4v) is 3.90. The Morgan fingerprint density at radius 1 is 1.09 bits per heavy atom. The molecule has 1 aromatic heterocycles. The number of aliphatic hydroxyl groups excluding tert-OH is 1. The number of amides is 1. The van der Waals surface area contributed by atoms with Crippen molar-refractivity contribution in [2.45, 2.75) is 19.3 Å². The number of aliphatic hydroxyl groups is 1. The molecule has 2 N–H and O–H groups in total. The van der Waals surface area contributed by atoms with Gasteiger partial charge in [0.1, 0.15) is 5.82 Å². The summed E-state index contributed by atoms with van der Waals surface area (Å²) in [5, 5.41) is 12.6. The Morgan fingerprint density at radius 2 is 1.88 bits per heavy atom. The minimum Gasteiger partial charge on any atom is -0.396 e. The van der Waals surface area contributed by atoms with Crippen LogP contribution < -0.4 is 10.2 Å². The Balaban J connectivity index is 1.65. The molecule has 0 radical (unpaired) electrons. The van der Waals surface area contributed by atoms with Crippen molar-refractivity contribution in [1.29, 1.82) is 0 Å². The third-order valence-electron chi connectivity index (χ3n) is 5.42. The predicted molar refractivity (Wildman–Crippen MR) is 115 cm³/mol. The lowest BCUT2D eigenvalue weighted by atomic mass is 10.0. The van der Waals surface area contributed by atoms with Crippen molar-refractivity contribution in [3.8, 4) is 0 Å². The van der Waals surface area contributed by atoms with E-state index in [-0.39, 0.29) is 31.0 Å². The third-order valence-corrected chi connectivity index (χ3v) is 5.42. The van der Waals surface area contributed by atoms with Crippen LogP contribution in [0.4, 0.5) is 24.7 Å². The number of carbonyl (C=O) groups is 1. The molecule has 3 aromatic rings. The number of carbonyl (C=O) groups excluding carboxylic acids is 1. The average molecular weight is 441 g/mol. The second-order valence-corrected chi connectivity index (χ2v) is 7.61. The van der Waals surface area contributed by atoms with Crippen LogP contribution in [0.5, 0.6) is 0 Å². The molecular formula is C24H22F3N3O2. The Morgan fingerprint density at radius 3 is 2.62 bits per heavy atom. The number of nitrogens with zero attached hydrogens (tertiary/aromatic N) is 2. The van der Waals surface area contributed by atoms with E-state index >= 15 is 0 Å². The molecular weight excluding hydrogens is 419 g/mol. The number of benzene rings is 2. The van der Waals surface area contributed by atoms with E-state index in [0.717, 1.165) is 36.3 Å². The van der Waals surface area contributed by atoms with Crippen molar-refractivity contribution >= 4 is 17.4 Å². The van der Waals surface area contributed by atoms with Crippen molar-refractivity contribution in [1.82, 2.24) is 4.98 Å². The van der Waals surface area contributed by atoms with Crippen LogP contribution in [0.1, 0.15) is 33.5 Å². The SMILES string of the molecule is O=C(c1cccc2c1CCN2)N(CCCO)c1cc(Cc2cc(F)c(F)c(F)c2)ccn1. The molecule has 0 aliphatic carbocycles. The summed E-state index contributed by atoms with van der Waals surface area (Å²) in [7, 11) is 0. The minimum atomic E-state index is -1.50. The summed E-state index contributed by atoms with van der Waals surface area (Å²) in [5.74, 6) is -3.87. The molecule has 0 saturated heterocycles. The average Bonchev–Trinajstić information content (AvgIpc) is 3.27. The number of rotatable bonds is 7. The Hall–Kier alpha value is -3.39. The van der Waals surface area contributed by atoms with E-state index in [0.29, 0.717) is 23.4 Å². The molecule has 2 aromatic carbocycles. The first-order valence-corrected chi connectivity index (χ1v) is 10.3. The van der Waals surface area contributed by atoms with Gasteiger partial charge in [-0.25, -0.2) is 18.2 Å². The van der Waals surface area contributed by atoms with Crippen LogP contribution in [0.2, 0.25) is 0 Å². The van der Waals surface area contributed by atoms with Gasteiger partial charge in [0.05, 0.1) is 0 Å². The van der Waals surface area contributed by atoms with E-state index in [1.54, 1.807) is 18.2 Å². The van der Waals surface area contributed by atoms with Crippen LogP contribution in [0.25, 0.3) is 0 Å². The largest absolute Gasteiger partial charge is 0.396 e. The molecule has 1 aliphatic rings. The van der Waals surface area contributed by atoms with Crippen LogP contribution >= 0.6 is 0 Å². The van der Waals surface area contributed by atoms with Gasteiger partial charge in [-0.1, -0.05) is 6.07 Å². The molecule has 2 heterocycles. The number of halogens is 3. The number of aromatic nitrogens is 1. The van der Waals surface area contributed by atoms with Gasteiger partial charge in [0.2, 0.25) is 0 Å². The van der Waals surface area contributed by atoms with Crippen molar-refractivity contribution in [2.24, 2.45) is 0 Å². The van der Waals surface area contributed by atoms with Gasteiger partial charge in [0, 0.05) is 37.1 Å². The van der Waals surface area contributed by atoms with Gasteiger partial charge in [0.15, 0.2) is 17.5 Å². The number of pyridine rings is 1. The lowest BCUT2D eigenvalue weighted by Crippen LogP contribution is -2.33. The van der Waals surface area contributed by atoms with Crippen LogP contribution in [0.3, 0.4) is 0 Å². The van der Waals surface area contributed by atoms with Crippen molar-refractivity contribution in [2.75, 3.05) is 29.9 Å². The maximum Gasteiger partial charge on any atom is 0.259 e. The van der Waals surface area contributed by atoms with Crippen LogP contribution in [-0.2, 0) is 12.8 Å². The molecule has 1 aliphatic heterocycles. The number of nitrogens with one attached hydrogen (secondary N) is 1. The minimum absolute atomic E-state index is 0.0912. The molecule has 1 amide bonds. The first-order valence-electron chi connectivity index (χ1n) is 10.3. The Bertz CT molecular complexity index is 1130. The van der Waals surface area contributed by atoms with Crippen LogP contribution in [0.15, 0.2) is 48.7 Å². The molecule has 5 nitrogen and oxygen atoms in total. The fraction of sp³-hybridized carbons (Fsp3) is 0.250. The predicted octanol–water partition coefficient (Wildman–Crippen LogP) is 4.09. The summed E-state index contributed by atoms with van der Waals surface area (Å²) < 4.78 is 40.4. The molecule has 0 saturated carbocycles. The summed E-state index contributed by atoms with van der Waals surface area (Å²) in [6, 6.07) is 10.7. The molecule has 4 rings (SSSR count). The lowest BCUT2D eigenvalue weighted by molar-refractivity contribution is 0.0984. The third kappa shape index (κ3) is 4.45. The summed E-state index contributed by atoms with van der Waals surface area (Å²) in [6.07, 6.45) is 2.74.